The predicted molar refractivity (Wildman–Crippen MR) is 96.1 cm³/mol. The summed E-state index contributed by atoms with van der Waals surface area (Å²) in [6.07, 6.45) is 1.06. The Morgan fingerprint density at radius 1 is 1.24 bits per heavy atom. The van der Waals surface area contributed by atoms with Crippen LogP contribution in [0.3, 0.4) is 0 Å². The van der Waals surface area contributed by atoms with E-state index >= 15 is 0 Å². The van der Waals surface area contributed by atoms with Gasteiger partial charge in [-0.1, -0.05) is 31.5 Å². The highest BCUT2D eigenvalue weighted by Crippen LogP contribution is 2.28. The molecule has 0 radical (unpaired) electrons. The Morgan fingerprint density at radius 3 is 2.52 bits per heavy atom. The van der Waals surface area contributed by atoms with Crippen molar-refractivity contribution in [1.29, 1.82) is 0 Å². The lowest BCUT2D eigenvalue weighted by molar-refractivity contribution is 0.292. The van der Waals surface area contributed by atoms with E-state index in [1.165, 1.54) is 0 Å². The molecule has 7 heteroatoms. The van der Waals surface area contributed by atoms with E-state index in [-0.39, 0.29) is 24.8 Å². The fourth-order valence-corrected chi connectivity index (χ4v) is 2.64. The Balaban J connectivity index is 0.00000200. The predicted octanol–water partition coefficient (Wildman–Crippen LogP) is 3.85. The molecular formula is C14H23Cl3N4. The van der Waals surface area contributed by atoms with Crippen LogP contribution in [0.15, 0.2) is 18.2 Å². The molecule has 0 atom stereocenters. The van der Waals surface area contributed by atoms with Gasteiger partial charge in [0.05, 0.1) is 15.9 Å². The lowest BCUT2D eigenvalue weighted by Gasteiger charge is -2.17. The van der Waals surface area contributed by atoms with E-state index in [1.54, 1.807) is 0 Å². The van der Waals surface area contributed by atoms with Gasteiger partial charge >= 0.3 is 0 Å². The zero-order valence-corrected chi connectivity index (χ0v) is 14.8. The molecule has 0 aliphatic carbocycles. The first-order valence-electron chi connectivity index (χ1n) is 6.80. The minimum atomic E-state index is 0. The largest absolute Gasteiger partial charge is 0.382 e. The van der Waals surface area contributed by atoms with Crippen LogP contribution in [0.2, 0.25) is 5.02 Å². The molecule has 2 aromatic rings. The third kappa shape index (κ3) is 4.65. The first kappa shape index (κ1) is 20.3. The van der Waals surface area contributed by atoms with Gasteiger partial charge in [0.2, 0.25) is 0 Å². The molecule has 4 nitrogen and oxygen atoms in total. The van der Waals surface area contributed by atoms with Gasteiger partial charge in [-0.3, -0.25) is 4.68 Å². The van der Waals surface area contributed by atoms with Crippen molar-refractivity contribution >= 4 is 53.1 Å². The summed E-state index contributed by atoms with van der Waals surface area (Å²) in [7, 11) is 0. The number of nitrogen functional groups attached to an aromatic ring is 1. The van der Waals surface area contributed by atoms with Gasteiger partial charge < -0.3 is 10.6 Å². The maximum atomic E-state index is 6.16. The number of aromatic nitrogens is 2. The molecule has 0 aliphatic rings. The number of anilines is 1. The highest BCUT2D eigenvalue weighted by Gasteiger charge is 2.10. The minimum Gasteiger partial charge on any atom is -0.382 e. The second kappa shape index (κ2) is 9.36. The first-order valence-corrected chi connectivity index (χ1v) is 7.18. The Kier molecular flexibility index (Phi) is 9.06. The molecule has 120 valence electrons. The molecule has 21 heavy (non-hydrogen) atoms. The highest BCUT2D eigenvalue weighted by atomic mass is 35.5. The summed E-state index contributed by atoms with van der Waals surface area (Å²) in [5.74, 6) is 0.517. The Hall–Kier alpha value is -0.680. The molecule has 1 aromatic carbocycles. The van der Waals surface area contributed by atoms with Crippen molar-refractivity contribution < 1.29 is 0 Å². The van der Waals surface area contributed by atoms with Crippen molar-refractivity contribution in [1.82, 2.24) is 14.7 Å². The molecule has 0 fully saturated rings. The standard InChI is InChI=1S/C14H21ClN4.2ClH/c1-3-18(4-2)9-6-10-19-12-8-5-7-11(15)13(12)14(16)17-19;;/h5,7-8H,3-4,6,9-10H2,1-2H3,(H2,16,17);2*1H. The summed E-state index contributed by atoms with van der Waals surface area (Å²) < 4.78 is 1.96. The highest BCUT2D eigenvalue weighted by molar-refractivity contribution is 6.36. The third-order valence-electron chi connectivity index (χ3n) is 3.49. The minimum absolute atomic E-state index is 0. The number of benzene rings is 1. The molecule has 0 saturated carbocycles. The molecule has 2 N–H and O–H groups in total. The van der Waals surface area contributed by atoms with Crippen LogP contribution in [0, 0.1) is 0 Å². The van der Waals surface area contributed by atoms with Crippen LogP contribution in [-0.4, -0.2) is 34.3 Å². The van der Waals surface area contributed by atoms with Crippen LogP contribution < -0.4 is 5.73 Å². The van der Waals surface area contributed by atoms with Crippen LogP contribution in [0.1, 0.15) is 20.3 Å². The van der Waals surface area contributed by atoms with Crippen LogP contribution in [0.4, 0.5) is 5.82 Å². The smallest absolute Gasteiger partial charge is 0.154 e. The molecule has 0 bridgehead atoms. The monoisotopic (exact) mass is 352 g/mol. The topological polar surface area (TPSA) is 47.1 Å². The molecular weight excluding hydrogens is 331 g/mol. The quantitative estimate of drug-likeness (QED) is 0.858. The van der Waals surface area contributed by atoms with E-state index < -0.39 is 0 Å². The van der Waals surface area contributed by atoms with Crippen LogP contribution in [0.25, 0.3) is 10.9 Å². The normalized spacial score (nSPS) is 10.5. The molecule has 0 spiro atoms. The average molecular weight is 354 g/mol. The van der Waals surface area contributed by atoms with Crippen LogP contribution >= 0.6 is 36.4 Å². The lowest BCUT2D eigenvalue weighted by atomic mass is 10.2. The Bertz CT molecular complexity index is 552. The van der Waals surface area contributed by atoms with Crippen LogP contribution in [0.5, 0.6) is 0 Å². The fourth-order valence-electron chi connectivity index (χ4n) is 2.37. The van der Waals surface area contributed by atoms with Crippen molar-refractivity contribution in [3.05, 3.63) is 23.2 Å². The van der Waals surface area contributed by atoms with Gasteiger partial charge in [0.1, 0.15) is 0 Å². The van der Waals surface area contributed by atoms with Crippen molar-refractivity contribution in [3.63, 3.8) is 0 Å². The molecule has 0 aliphatic heterocycles. The molecule has 1 aromatic heterocycles. The summed E-state index contributed by atoms with van der Waals surface area (Å²) in [5.41, 5.74) is 6.95. The van der Waals surface area contributed by atoms with Gasteiger partial charge in [-0.05, 0) is 38.2 Å². The maximum absolute atomic E-state index is 6.16. The fraction of sp³-hybridized carbons (Fsp3) is 0.500. The lowest BCUT2D eigenvalue weighted by Crippen LogP contribution is -2.25. The van der Waals surface area contributed by atoms with Crippen molar-refractivity contribution in [2.75, 3.05) is 25.4 Å². The zero-order valence-electron chi connectivity index (χ0n) is 12.4. The molecule has 0 unspecified atom stereocenters. The van der Waals surface area contributed by atoms with Gasteiger partial charge in [-0.25, -0.2) is 0 Å². The number of hydrogen-bond donors (Lipinski definition) is 1. The number of fused-ring (bicyclic) bond motifs is 1. The summed E-state index contributed by atoms with van der Waals surface area (Å²) in [6.45, 7) is 8.49. The second-order valence-electron chi connectivity index (χ2n) is 4.62. The summed E-state index contributed by atoms with van der Waals surface area (Å²) in [4.78, 5) is 2.40. The second-order valence-corrected chi connectivity index (χ2v) is 5.03. The number of halogens is 3. The van der Waals surface area contributed by atoms with E-state index in [4.69, 9.17) is 17.3 Å². The Labute approximate surface area is 143 Å². The number of hydrogen-bond acceptors (Lipinski definition) is 3. The van der Waals surface area contributed by atoms with Gasteiger partial charge in [0.15, 0.2) is 5.82 Å². The number of nitrogens with zero attached hydrogens (tertiary/aromatic N) is 3. The number of rotatable bonds is 6. The zero-order chi connectivity index (χ0) is 13.8. The molecule has 2 rings (SSSR count). The summed E-state index contributed by atoms with van der Waals surface area (Å²) in [5, 5.41) is 5.93. The third-order valence-corrected chi connectivity index (χ3v) is 3.81. The maximum Gasteiger partial charge on any atom is 0.154 e. The van der Waals surface area contributed by atoms with E-state index in [9.17, 15) is 0 Å². The van der Waals surface area contributed by atoms with Gasteiger partial charge in [0, 0.05) is 6.54 Å². The average Bonchev–Trinajstić information content (AvgIpc) is 2.73. The SMILES string of the molecule is CCN(CC)CCCn1nc(N)c2c(Cl)cccc21.Cl.Cl. The van der Waals surface area contributed by atoms with Crippen molar-refractivity contribution in [2.45, 2.75) is 26.8 Å². The van der Waals surface area contributed by atoms with Crippen LogP contribution in [-0.2, 0) is 6.54 Å². The number of nitrogens with two attached hydrogens (primary N) is 1. The molecule has 0 saturated heterocycles. The molecule has 1 heterocycles. The molecule has 0 amide bonds. The van der Waals surface area contributed by atoms with E-state index in [2.05, 4.69) is 23.8 Å². The van der Waals surface area contributed by atoms with Crippen molar-refractivity contribution in [3.8, 4) is 0 Å². The van der Waals surface area contributed by atoms with Crippen molar-refractivity contribution in [2.24, 2.45) is 0 Å². The Morgan fingerprint density at radius 2 is 1.90 bits per heavy atom. The summed E-state index contributed by atoms with van der Waals surface area (Å²) in [6, 6.07) is 5.80. The van der Waals surface area contributed by atoms with E-state index in [0.29, 0.717) is 10.8 Å². The van der Waals surface area contributed by atoms with E-state index in [1.807, 2.05) is 22.9 Å². The van der Waals surface area contributed by atoms with E-state index in [0.717, 1.165) is 43.5 Å². The first-order chi connectivity index (χ1) is 9.17. The number of aryl methyl sites for hydroxylation is 1. The van der Waals surface area contributed by atoms with Gasteiger partial charge in [0.25, 0.3) is 0 Å². The van der Waals surface area contributed by atoms with Gasteiger partial charge in [-0.2, -0.15) is 5.10 Å². The van der Waals surface area contributed by atoms with Gasteiger partial charge in [-0.15, -0.1) is 24.8 Å². The summed E-state index contributed by atoms with van der Waals surface area (Å²) >= 11 is 6.16.